The molecule has 1 aromatic heterocycles. The number of aromatic nitrogens is 2. The second-order valence-corrected chi connectivity index (χ2v) is 8.25. The highest BCUT2D eigenvalue weighted by Gasteiger charge is 2.37. The fourth-order valence-corrected chi connectivity index (χ4v) is 4.18. The number of nitrogens with zero attached hydrogens (tertiary/aromatic N) is 2. The zero-order valence-corrected chi connectivity index (χ0v) is 18.7. The number of nitrogens with one attached hydrogen (secondary N) is 4. The fourth-order valence-electron chi connectivity index (χ4n) is 4.18. The van der Waals surface area contributed by atoms with Crippen LogP contribution in [0, 0.1) is 34.2 Å². The summed E-state index contributed by atoms with van der Waals surface area (Å²) in [7, 11) is 0. The van der Waals surface area contributed by atoms with E-state index in [9.17, 15) is 18.0 Å². The normalized spacial score (nSPS) is 20.8. The number of amides is 1. The number of allylic oxidation sites excluding steroid dienone is 2. The van der Waals surface area contributed by atoms with Gasteiger partial charge in [0, 0.05) is 43.6 Å². The van der Waals surface area contributed by atoms with Gasteiger partial charge in [0.25, 0.3) is 0 Å². The predicted molar refractivity (Wildman–Crippen MR) is 123 cm³/mol. The van der Waals surface area contributed by atoms with Gasteiger partial charge in [-0.25, -0.2) is 13.2 Å². The number of anilines is 1. The van der Waals surface area contributed by atoms with Gasteiger partial charge >= 0.3 is 0 Å². The van der Waals surface area contributed by atoms with Gasteiger partial charge in [-0.1, -0.05) is 0 Å². The number of H-pyrrole nitrogens is 1. The Morgan fingerprint density at radius 1 is 1.29 bits per heavy atom. The first-order chi connectivity index (χ1) is 16.9. The van der Waals surface area contributed by atoms with Crippen molar-refractivity contribution in [1.82, 2.24) is 15.5 Å². The number of carbonyl (C=O) groups is 1. The summed E-state index contributed by atoms with van der Waals surface area (Å²) in [5, 5.41) is 25.3. The number of ether oxygens (including phenoxy) is 2. The molecule has 3 heterocycles. The Balaban J connectivity index is 1.57. The first kappa shape index (κ1) is 24.6. The molecule has 2 atom stereocenters. The molecule has 0 aliphatic carbocycles. The minimum absolute atomic E-state index is 0.0396. The Morgan fingerprint density at radius 3 is 2.71 bits per heavy atom. The number of carbonyl (C=O) groups excluding carboxylic acids is 1. The summed E-state index contributed by atoms with van der Waals surface area (Å²) in [4.78, 5) is 14.6. The fraction of sp³-hybridized carbons (Fsp3) is 0.391. The molecule has 2 aliphatic rings. The number of halogens is 3. The molecule has 1 aromatic carbocycles. The van der Waals surface area contributed by atoms with E-state index < -0.39 is 23.4 Å². The van der Waals surface area contributed by atoms with Gasteiger partial charge in [0.1, 0.15) is 18.4 Å². The summed E-state index contributed by atoms with van der Waals surface area (Å²) < 4.78 is 52.2. The van der Waals surface area contributed by atoms with Crippen molar-refractivity contribution in [2.45, 2.75) is 18.9 Å². The van der Waals surface area contributed by atoms with Gasteiger partial charge in [-0.15, -0.1) is 0 Å². The molecule has 186 valence electrons. The van der Waals surface area contributed by atoms with Crippen LogP contribution in [0.1, 0.15) is 17.7 Å². The quantitative estimate of drug-likeness (QED) is 0.317. The Labute approximate surface area is 199 Å². The Hall–Kier alpha value is -3.51. The first-order valence-corrected chi connectivity index (χ1v) is 11.1. The third-order valence-corrected chi connectivity index (χ3v) is 5.93. The van der Waals surface area contributed by atoms with Crippen LogP contribution in [0.4, 0.5) is 19.0 Å². The van der Waals surface area contributed by atoms with Gasteiger partial charge in [0.15, 0.2) is 29.0 Å². The highest BCUT2D eigenvalue weighted by molar-refractivity contribution is 6.13. The topological polar surface area (TPSA) is 127 Å². The van der Waals surface area contributed by atoms with E-state index in [0.29, 0.717) is 30.8 Å². The van der Waals surface area contributed by atoms with E-state index >= 15 is 0 Å². The van der Waals surface area contributed by atoms with Crippen LogP contribution < -0.4 is 15.0 Å². The maximum atomic E-state index is 13.6. The molecule has 35 heavy (non-hydrogen) atoms. The van der Waals surface area contributed by atoms with Gasteiger partial charge in [-0.05, 0) is 36.6 Å². The van der Waals surface area contributed by atoms with Crippen LogP contribution in [0.3, 0.4) is 0 Å². The lowest BCUT2D eigenvalue weighted by Gasteiger charge is -2.24. The van der Waals surface area contributed by atoms with Crippen LogP contribution in [0.2, 0.25) is 0 Å². The number of morpholine rings is 1. The Morgan fingerprint density at radius 2 is 2.06 bits per heavy atom. The SMILES string of the molecule is N=C/C=C(\C=N)c1[nH]nc(N2CCC(Cc3cc(F)c(F)c(F)c3)C2=O)c1OCC1CNCCO1. The molecule has 0 bridgehead atoms. The van der Waals surface area contributed by atoms with E-state index in [1.54, 1.807) is 0 Å². The second kappa shape index (κ2) is 10.8. The van der Waals surface area contributed by atoms with E-state index in [1.165, 1.54) is 11.0 Å². The molecular weight excluding hydrogens is 465 g/mol. The van der Waals surface area contributed by atoms with Crippen LogP contribution in [0.5, 0.6) is 5.75 Å². The molecule has 0 radical (unpaired) electrons. The van der Waals surface area contributed by atoms with Gasteiger partial charge in [0.2, 0.25) is 5.91 Å². The van der Waals surface area contributed by atoms with Crippen molar-refractivity contribution in [2.24, 2.45) is 5.92 Å². The van der Waals surface area contributed by atoms with Crippen molar-refractivity contribution in [3.8, 4) is 5.75 Å². The second-order valence-electron chi connectivity index (χ2n) is 8.25. The van der Waals surface area contributed by atoms with Crippen LogP contribution in [0.25, 0.3) is 5.57 Å². The van der Waals surface area contributed by atoms with Crippen molar-refractivity contribution in [3.05, 3.63) is 46.9 Å². The highest BCUT2D eigenvalue weighted by Crippen LogP contribution is 2.37. The number of benzene rings is 1. The number of rotatable bonds is 9. The molecule has 12 heteroatoms. The maximum Gasteiger partial charge on any atom is 0.231 e. The predicted octanol–water partition coefficient (Wildman–Crippen LogP) is 2.47. The summed E-state index contributed by atoms with van der Waals surface area (Å²) in [6.07, 6.45) is 3.67. The molecule has 1 amide bonds. The van der Waals surface area contributed by atoms with Crippen LogP contribution in [-0.2, 0) is 16.0 Å². The molecule has 2 unspecified atom stereocenters. The van der Waals surface area contributed by atoms with Gasteiger partial charge < -0.3 is 25.6 Å². The number of hydrogen-bond donors (Lipinski definition) is 4. The molecular formula is C23H25F3N6O3. The summed E-state index contributed by atoms with van der Waals surface area (Å²) in [5.41, 5.74) is 0.848. The van der Waals surface area contributed by atoms with Crippen molar-refractivity contribution in [3.63, 3.8) is 0 Å². The molecule has 2 aliphatic heterocycles. The zero-order chi connectivity index (χ0) is 24.9. The zero-order valence-electron chi connectivity index (χ0n) is 18.7. The lowest BCUT2D eigenvalue weighted by atomic mass is 9.98. The van der Waals surface area contributed by atoms with E-state index in [4.69, 9.17) is 20.3 Å². The van der Waals surface area contributed by atoms with Crippen molar-refractivity contribution < 1.29 is 27.4 Å². The minimum Gasteiger partial charge on any atom is -0.485 e. The number of hydrogen-bond acceptors (Lipinski definition) is 7. The lowest BCUT2D eigenvalue weighted by Crippen LogP contribution is -2.41. The van der Waals surface area contributed by atoms with Crippen LogP contribution >= 0.6 is 0 Å². The monoisotopic (exact) mass is 490 g/mol. The van der Waals surface area contributed by atoms with E-state index in [-0.39, 0.29) is 48.7 Å². The standard InChI is InChI=1S/C23H25F3N6O3/c24-17-8-13(9-18(25)19(17)26)7-14-2-5-32(23(14)33)22-21(35-12-16-11-29-4-6-34-16)20(30-31-22)15(10-28)1-3-27/h1,3,8-10,14,16,27-29H,2,4-7,11-12H2,(H,30,31)/b15-1+,27-3?,28-10?. The van der Waals surface area contributed by atoms with Crippen molar-refractivity contribution in [1.29, 1.82) is 10.8 Å². The van der Waals surface area contributed by atoms with Gasteiger partial charge in [0.05, 0.1) is 6.61 Å². The summed E-state index contributed by atoms with van der Waals surface area (Å²) in [5.74, 6) is -4.60. The van der Waals surface area contributed by atoms with Crippen LogP contribution in [-0.4, -0.2) is 67.5 Å². The average Bonchev–Trinajstić information content (AvgIpc) is 3.43. The van der Waals surface area contributed by atoms with E-state index in [0.717, 1.165) is 31.1 Å². The van der Waals surface area contributed by atoms with Crippen molar-refractivity contribution >= 4 is 29.7 Å². The first-order valence-electron chi connectivity index (χ1n) is 11.1. The molecule has 0 saturated carbocycles. The third kappa shape index (κ3) is 5.28. The van der Waals surface area contributed by atoms with E-state index in [1.807, 2.05) is 0 Å². The molecule has 4 N–H and O–H groups in total. The minimum atomic E-state index is -1.55. The highest BCUT2D eigenvalue weighted by atomic mass is 19.2. The Bertz CT molecular complexity index is 1120. The smallest absolute Gasteiger partial charge is 0.231 e. The molecule has 2 aromatic rings. The summed E-state index contributed by atoms with van der Waals surface area (Å²) >= 11 is 0. The van der Waals surface area contributed by atoms with Crippen LogP contribution in [0.15, 0.2) is 18.2 Å². The number of aromatic amines is 1. The average molecular weight is 490 g/mol. The lowest BCUT2D eigenvalue weighted by molar-refractivity contribution is -0.120. The molecule has 0 spiro atoms. The van der Waals surface area contributed by atoms with Gasteiger partial charge in [-0.3, -0.25) is 14.8 Å². The molecule has 2 fully saturated rings. The summed E-state index contributed by atoms with van der Waals surface area (Å²) in [6, 6.07) is 1.79. The van der Waals surface area contributed by atoms with E-state index in [2.05, 4.69) is 15.5 Å². The maximum absolute atomic E-state index is 13.6. The van der Waals surface area contributed by atoms with Gasteiger partial charge in [-0.2, -0.15) is 5.10 Å². The summed E-state index contributed by atoms with van der Waals surface area (Å²) in [6.45, 7) is 2.32. The largest absolute Gasteiger partial charge is 0.485 e. The molecule has 2 saturated heterocycles. The molecule has 4 rings (SSSR count). The Kier molecular flexibility index (Phi) is 7.61. The van der Waals surface area contributed by atoms with Crippen molar-refractivity contribution in [2.75, 3.05) is 37.7 Å². The third-order valence-electron chi connectivity index (χ3n) is 5.93. The molecule has 9 nitrogen and oxygen atoms in total.